The van der Waals surface area contributed by atoms with E-state index in [0.717, 1.165) is 19.3 Å². The van der Waals surface area contributed by atoms with Crippen LogP contribution in [0.4, 0.5) is 17.7 Å². The Morgan fingerprint density at radius 1 is 1.18 bits per heavy atom. The van der Waals surface area contributed by atoms with Gasteiger partial charge in [0.2, 0.25) is 0 Å². The number of rotatable bonds is 1. The van der Waals surface area contributed by atoms with Gasteiger partial charge in [0.25, 0.3) is 0 Å². The van der Waals surface area contributed by atoms with Crippen molar-refractivity contribution in [2.24, 2.45) is 5.41 Å². The number of ether oxygens (including phenoxy) is 1. The monoisotopic (exact) mass is 345 g/mol. The summed E-state index contributed by atoms with van der Waals surface area (Å²) >= 11 is 0. The van der Waals surface area contributed by atoms with Crippen molar-refractivity contribution in [3.63, 3.8) is 0 Å². The van der Waals surface area contributed by atoms with E-state index >= 15 is 0 Å². The number of carbonyl (C=O) groups is 1. The SMILES string of the molecule is CC(C)(C)OC(=O)N1CC([B-](F)(F)F)C2(CCCCC2)C1.[K+]. The molecule has 1 saturated heterocycles. The van der Waals surface area contributed by atoms with Crippen LogP contribution in [0.2, 0.25) is 5.82 Å². The third-order valence-electron chi connectivity index (χ3n) is 4.67. The molecule has 122 valence electrons. The van der Waals surface area contributed by atoms with Crippen molar-refractivity contribution in [3.05, 3.63) is 0 Å². The maximum absolute atomic E-state index is 13.4. The molecule has 0 aromatic rings. The molecule has 0 N–H and O–H groups in total. The standard InChI is InChI=1S/C14H24BF3NO2.K/c1-13(2,3)21-12(20)19-9-11(15(16,17)18)14(10-19)7-5-4-6-8-14;/h11H,4-10H2,1-3H3;/q-1;+1. The van der Waals surface area contributed by atoms with E-state index in [0.29, 0.717) is 12.8 Å². The van der Waals surface area contributed by atoms with Crippen LogP contribution in [0.3, 0.4) is 0 Å². The summed E-state index contributed by atoms with van der Waals surface area (Å²) in [7, 11) is 0. The maximum atomic E-state index is 13.4. The first-order valence-corrected chi connectivity index (χ1v) is 7.71. The first kappa shape index (κ1) is 20.8. The Labute approximate surface area is 173 Å². The van der Waals surface area contributed by atoms with Crippen LogP contribution in [-0.4, -0.2) is 36.7 Å². The van der Waals surface area contributed by atoms with E-state index in [9.17, 15) is 17.7 Å². The summed E-state index contributed by atoms with van der Waals surface area (Å²) in [6.07, 6.45) is 3.16. The topological polar surface area (TPSA) is 29.5 Å². The number of amides is 1. The van der Waals surface area contributed by atoms with Gasteiger partial charge in [-0.2, -0.15) is 0 Å². The van der Waals surface area contributed by atoms with Crippen LogP contribution in [0.5, 0.6) is 0 Å². The molecule has 1 aliphatic heterocycles. The zero-order valence-corrected chi connectivity index (χ0v) is 17.1. The summed E-state index contributed by atoms with van der Waals surface area (Å²) in [5.41, 5.74) is -1.45. The van der Waals surface area contributed by atoms with Crippen molar-refractivity contribution >= 4 is 13.1 Å². The molecule has 2 aliphatic rings. The van der Waals surface area contributed by atoms with Gasteiger partial charge in [0, 0.05) is 13.1 Å². The number of halogens is 3. The minimum atomic E-state index is -4.94. The fraction of sp³-hybridized carbons (Fsp3) is 0.929. The molecule has 1 spiro atoms. The summed E-state index contributed by atoms with van der Waals surface area (Å²) in [5.74, 6) is -1.36. The second-order valence-electron chi connectivity index (χ2n) is 7.52. The molecule has 0 aromatic carbocycles. The van der Waals surface area contributed by atoms with Gasteiger partial charge in [0.1, 0.15) is 5.60 Å². The van der Waals surface area contributed by atoms with Gasteiger partial charge in [-0.25, -0.2) is 4.79 Å². The van der Waals surface area contributed by atoms with Crippen LogP contribution in [0.15, 0.2) is 0 Å². The molecule has 1 unspecified atom stereocenters. The third kappa shape index (κ3) is 4.88. The Balaban J connectivity index is 0.00000242. The Morgan fingerprint density at radius 3 is 2.18 bits per heavy atom. The van der Waals surface area contributed by atoms with Crippen LogP contribution in [-0.2, 0) is 4.74 Å². The van der Waals surface area contributed by atoms with Gasteiger partial charge in [0.05, 0.1) is 0 Å². The van der Waals surface area contributed by atoms with Crippen LogP contribution in [0, 0.1) is 5.41 Å². The molecule has 1 heterocycles. The van der Waals surface area contributed by atoms with Crippen LogP contribution in [0.25, 0.3) is 0 Å². The van der Waals surface area contributed by atoms with E-state index in [1.165, 1.54) is 4.90 Å². The van der Waals surface area contributed by atoms with E-state index in [4.69, 9.17) is 4.74 Å². The predicted octanol–water partition coefficient (Wildman–Crippen LogP) is 1.41. The number of nitrogens with zero attached hydrogens (tertiary/aromatic N) is 1. The van der Waals surface area contributed by atoms with Crippen molar-refractivity contribution < 1.29 is 73.9 Å². The zero-order valence-electron chi connectivity index (χ0n) is 14.0. The summed E-state index contributed by atoms with van der Waals surface area (Å²) in [4.78, 5) is 13.4. The maximum Gasteiger partial charge on any atom is 1.00 e. The molecular formula is C14H24BF3KNO2. The first-order valence-electron chi connectivity index (χ1n) is 7.71. The molecule has 1 saturated carbocycles. The van der Waals surface area contributed by atoms with Crippen molar-refractivity contribution in [1.29, 1.82) is 0 Å². The van der Waals surface area contributed by atoms with Gasteiger partial charge in [-0.3, -0.25) is 0 Å². The molecule has 0 bridgehead atoms. The molecule has 22 heavy (non-hydrogen) atoms. The van der Waals surface area contributed by atoms with Crippen LogP contribution < -0.4 is 51.4 Å². The van der Waals surface area contributed by atoms with Crippen LogP contribution in [0.1, 0.15) is 52.9 Å². The van der Waals surface area contributed by atoms with Gasteiger partial charge < -0.3 is 22.6 Å². The molecule has 0 aromatic heterocycles. The predicted molar refractivity (Wildman–Crippen MR) is 76.2 cm³/mol. The molecule has 1 atom stereocenters. The minimum absolute atomic E-state index is 0. The zero-order chi connectivity index (χ0) is 15.9. The van der Waals surface area contributed by atoms with Crippen molar-refractivity contribution in [3.8, 4) is 0 Å². The Hall–Kier alpha value is 0.761. The Morgan fingerprint density at radius 2 is 1.73 bits per heavy atom. The van der Waals surface area contributed by atoms with Crippen molar-refractivity contribution in [1.82, 2.24) is 4.90 Å². The summed E-state index contributed by atoms with van der Waals surface area (Å²) in [5, 5.41) is 0. The van der Waals surface area contributed by atoms with E-state index in [-0.39, 0.29) is 64.5 Å². The molecule has 1 amide bonds. The summed E-state index contributed by atoms with van der Waals surface area (Å²) in [6.45, 7) is 0.183. The summed E-state index contributed by atoms with van der Waals surface area (Å²) in [6, 6.07) is 0. The van der Waals surface area contributed by atoms with E-state index in [2.05, 4.69) is 0 Å². The summed E-state index contributed by atoms with van der Waals surface area (Å²) < 4.78 is 45.6. The smallest absolute Gasteiger partial charge is 0.449 e. The van der Waals surface area contributed by atoms with Gasteiger partial charge in [0.15, 0.2) is 0 Å². The third-order valence-corrected chi connectivity index (χ3v) is 4.67. The Bertz CT molecular complexity index is 406. The number of likely N-dealkylation sites (tertiary alicyclic amines) is 1. The first-order chi connectivity index (χ1) is 9.54. The quantitative estimate of drug-likeness (QED) is 0.673. The van der Waals surface area contributed by atoms with Crippen molar-refractivity contribution in [2.45, 2.75) is 64.3 Å². The van der Waals surface area contributed by atoms with E-state index in [1.807, 2.05) is 0 Å². The van der Waals surface area contributed by atoms with Gasteiger partial charge in [-0.05, 0) is 44.8 Å². The molecule has 8 heteroatoms. The van der Waals surface area contributed by atoms with E-state index < -0.39 is 29.9 Å². The normalized spacial score (nSPS) is 25.0. The molecule has 0 radical (unpaired) electrons. The number of hydrogen-bond donors (Lipinski definition) is 0. The largest absolute Gasteiger partial charge is 1.00 e. The molecule has 2 fully saturated rings. The van der Waals surface area contributed by atoms with Crippen LogP contribution >= 0.6 is 0 Å². The van der Waals surface area contributed by atoms with Gasteiger partial charge >= 0.3 is 64.5 Å². The van der Waals surface area contributed by atoms with E-state index in [1.54, 1.807) is 20.8 Å². The number of carbonyl (C=O) groups excluding carboxylic acids is 1. The van der Waals surface area contributed by atoms with Crippen molar-refractivity contribution in [2.75, 3.05) is 13.1 Å². The number of hydrogen-bond acceptors (Lipinski definition) is 2. The average Bonchev–Trinajstić information content (AvgIpc) is 2.67. The second-order valence-corrected chi connectivity index (χ2v) is 7.52. The fourth-order valence-electron chi connectivity index (χ4n) is 3.76. The molecular weight excluding hydrogens is 321 g/mol. The Kier molecular flexibility index (Phi) is 6.94. The minimum Gasteiger partial charge on any atom is -0.449 e. The average molecular weight is 345 g/mol. The van der Waals surface area contributed by atoms with Gasteiger partial charge in [-0.1, -0.05) is 19.3 Å². The second kappa shape index (κ2) is 7.33. The molecule has 1 aliphatic carbocycles. The fourth-order valence-corrected chi connectivity index (χ4v) is 3.76. The molecule has 3 nitrogen and oxygen atoms in total. The van der Waals surface area contributed by atoms with Gasteiger partial charge in [-0.15, -0.1) is 0 Å². The molecule has 2 rings (SSSR count).